The first-order valence-electron chi connectivity index (χ1n) is 4.09. The zero-order chi connectivity index (χ0) is 9.72. The number of rotatable bonds is 5. The van der Waals surface area contributed by atoms with Gasteiger partial charge in [-0.25, -0.2) is 0 Å². The summed E-state index contributed by atoms with van der Waals surface area (Å²) in [5, 5.41) is 18.2. The quantitative estimate of drug-likeness (QED) is 0.515. The molecular formula is C8H17NO3. The molecule has 12 heavy (non-hydrogen) atoms. The van der Waals surface area contributed by atoms with Crippen LogP contribution in [-0.4, -0.2) is 34.7 Å². The van der Waals surface area contributed by atoms with Crippen LogP contribution in [0.4, 0.5) is 0 Å². The van der Waals surface area contributed by atoms with Gasteiger partial charge in [-0.05, 0) is 0 Å². The van der Waals surface area contributed by atoms with E-state index in [4.69, 9.17) is 10.8 Å². The fraction of sp³-hybridized carbons (Fsp3) is 0.875. The Morgan fingerprint density at radius 1 is 1.42 bits per heavy atom. The zero-order valence-corrected chi connectivity index (χ0v) is 7.53. The number of nitrogens with two attached hydrogens (primary N) is 1. The molecule has 0 aliphatic carbocycles. The Kier molecular flexibility index (Phi) is 5.04. The summed E-state index contributed by atoms with van der Waals surface area (Å²) in [6, 6.07) is 0. The van der Waals surface area contributed by atoms with Gasteiger partial charge in [-0.15, -0.1) is 0 Å². The highest BCUT2D eigenvalue weighted by Crippen LogP contribution is 2.05. The first-order chi connectivity index (χ1) is 5.49. The highest BCUT2D eigenvalue weighted by atomic mass is 16.3. The number of Topliss-reactive ketones (excluding diaryl/α,β-unsaturated/α-hetero) is 1. The van der Waals surface area contributed by atoms with Crippen molar-refractivity contribution >= 4 is 5.78 Å². The summed E-state index contributed by atoms with van der Waals surface area (Å²) in [4.78, 5) is 11.1. The van der Waals surface area contributed by atoms with Crippen LogP contribution in [0.3, 0.4) is 0 Å². The van der Waals surface area contributed by atoms with Crippen LogP contribution in [-0.2, 0) is 4.79 Å². The van der Waals surface area contributed by atoms with Crippen LogP contribution >= 0.6 is 0 Å². The second kappa shape index (κ2) is 5.24. The highest BCUT2D eigenvalue weighted by molar-refractivity contribution is 5.84. The molecule has 4 heteroatoms. The van der Waals surface area contributed by atoms with Crippen LogP contribution in [0.1, 0.15) is 20.3 Å². The number of hydrogen-bond donors (Lipinski definition) is 3. The maximum Gasteiger partial charge on any atom is 0.163 e. The molecule has 0 aromatic heterocycles. The van der Waals surface area contributed by atoms with Gasteiger partial charge in [-0.3, -0.25) is 4.79 Å². The molecular weight excluding hydrogens is 158 g/mol. The number of carbonyl (C=O) groups is 1. The first-order valence-corrected chi connectivity index (χ1v) is 4.09. The Hall–Kier alpha value is -0.450. The number of aliphatic hydroxyl groups is 2. The van der Waals surface area contributed by atoms with Crippen molar-refractivity contribution in [3.63, 3.8) is 0 Å². The van der Waals surface area contributed by atoms with Crippen LogP contribution in [0.25, 0.3) is 0 Å². The fourth-order valence-corrected chi connectivity index (χ4v) is 0.855. The summed E-state index contributed by atoms with van der Waals surface area (Å²) in [6.07, 6.45) is -1.83. The van der Waals surface area contributed by atoms with Crippen LogP contribution in [0.2, 0.25) is 0 Å². The fourth-order valence-electron chi connectivity index (χ4n) is 0.855. The highest BCUT2D eigenvalue weighted by Gasteiger charge is 2.20. The van der Waals surface area contributed by atoms with Crippen molar-refractivity contribution in [2.75, 3.05) is 6.54 Å². The summed E-state index contributed by atoms with van der Waals surface area (Å²) >= 11 is 0. The van der Waals surface area contributed by atoms with Gasteiger partial charge in [0, 0.05) is 18.9 Å². The molecule has 0 aromatic carbocycles. The summed E-state index contributed by atoms with van der Waals surface area (Å²) in [5.41, 5.74) is 5.12. The lowest BCUT2D eigenvalue weighted by Crippen LogP contribution is -2.32. The van der Waals surface area contributed by atoms with Gasteiger partial charge in [0.25, 0.3) is 0 Å². The molecule has 0 aliphatic heterocycles. The monoisotopic (exact) mass is 175 g/mol. The summed E-state index contributed by atoms with van der Waals surface area (Å²) in [5.74, 6) is -0.451. The Bertz CT molecular complexity index is 147. The van der Waals surface area contributed by atoms with E-state index in [0.29, 0.717) is 0 Å². The molecule has 2 atom stereocenters. The molecule has 0 fully saturated rings. The molecule has 0 heterocycles. The molecule has 0 saturated carbocycles. The minimum absolute atomic E-state index is 0.0352. The van der Waals surface area contributed by atoms with Gasteiger partial charge < -0.3 is 15.9 Å². The number of aliphatic hydroxyl groups excluding tert-OH is 2. The molecule has 0 radical (unpaired) electrons. The van der Waals surface area contributed by atoms with Crippen molar-refractivity contribution in [3.8, 4) is 0 Å². The Morgan fingerprint density at radius 2 is 1.92 bits per heavy atom. The van der Waals surface area contributed by atoms with E-state index in [-0.39, 0.29) is 24.7 Å². The summed E-state index contributed by atoms with van der Waals surface area (Å²) < 4.78 is 0. The van der Waals surface area contributed by atoms with Crippen molar-refractivity contribution in [1.82, 2.24) is 0 Å². The maximum absolute atomic E-state index is 11.1. The third-order valence-electron chi connectivity index (χ3n) is 1.66. The van der Waals surface area contributed by atoms with E-state index in [1.54, 1.807) is 13.8 Å². The van der Waals surface area contributed by atoms with Gasteiger partial charge in [0.1, 0.15) is 6.10 Å². The molecule has 0 bridgehead atoms. The van der Waals surface area contributed by atoms with Crippen molar-refractivity contribution < 1.29 is 15.0 Å². The van der Waals surface area contributed by atoms with Crippen molar-refractivity contribution in [2.24, 2.45) is 11.7 Å². The maximum atomic E-state index is 11.1. The lowest BCUT2D eigenvalue weighted by molar-refractivity contribution is -0.131. The standard InChI is InChI=1S/C8H17NO3/c1-5(2)8(12)7(11)3-6(10)4-9/h5-7,10-11H,3-4,9H2,1-2H3/t6?,7-/m0/s1. The second-order valence-corrected chi connectivity index (χ2v) is 3.20. The number of hydrogen-bond acceptors (Lipinski definition) is 4. The van der Waals surface area contributed by atoms with E-state index < -0.39 is 12.2 Å². The predicted molar refractivity (Wildman–Crippen MR) is 45.5 cm³/mol. The average molecular weight is 175 g/mol. The minimum atomic E-state index is -1.08. The zero-order valence-electron chi connectivity index (χ0n) is 7.53. The molecule has 4 nitrogen and oxygen atoms in total. The summed E-state index contributed by atoms with van der Waals surface area (Å²) in [6.45, 7) is 3.49. The van der Waals surface area contributed by atoms with E-state index in [9.17, 15) is 9.90 Å². The number of carbonyl (C=O) groups excluding carboxylic acids is 1. The van der Waals surface area contributed by atoms with Crippen LogP contribution in [0.5, 0.6) is 0 Å². The molecule has 0 amide bonds. The Morgan fingerprint density at radius 3 is 2.25 bits per heavy atom. The van der Waals surface area contributed by atoms with Crippen LogP contribution in [0, 0.1) is 5.92 Å². The van der Waals surface area contributed by atoms with Gasteiger partial charge in [0.2, 0.25) is 0 Å². The largest absolute Gasteiger partial charge is 0.392 e. The van der Waals surface area contributed by atoms with Gasteiger partial charge >= 0.3 is 0 Å². The van der Waals surface area contributed by atoms with E-state index in [1.165, 1.54) is 0 Å². The predicted octanol–water partition coefficient (Wildman–Crippen LogP) is -0.718. The Labute approximate surface area is 72.4 Å². The SMILES string of the molecule is CC(C)C(=O)[C@@H](O)CC(O)CN. The lowest BCUT2D eigenvalue weighted by atomic mass is 10.00. The van der Waals surface area contributed by atoms with Crippen molar-refractivity contribution in [2.45, 2.75) is 32.5 Å². The van der Waals surface area contributed by atoms with Gasteiger partial charge in [-0.1, -0.05) is 13.8 Å². The molecule has 72 valence electrons. The first kappa shape index (κ1) is 11.6. The third kappa shape index (κ3) is 3.80. The smallest absolute Gasteiger partial charge is 0.163 e. The minimum Gasteiger partial charge on any atom is -0.392 e. The van der Waals surface area contributed by atoms with E-state index in [0.717, 1.165) is 0 Å². The van der Waals surface area contributed by atoms with Crippen LogP contribution in [0.15, 0.2) is 0 Å². The second-order valence-electron chi connectivity index (χ2n) is 3.20. The van der Waals surface area contributed by atoms with E-state index >= 15 is 0 Å². The summed E-state index contributed by atoms with van der Waals surface area (Å²) in [7, 11) is 0. The topological polar surface area (TPSA) is 83.5 Å². The van der Waals surface area contributed by atoms with Crippen molar-refractivity contribution in [3.05, 3.63) is 0 Å². The normalized spacial score (nSPS) is 16.2. The Balaban J connectivity index is 3.86. The van der Waals surface area contributed by atoms with Gasteiger partial charge in [-0.2, -0.15) is 0 Å². The van der Waals surface area contributed by atoms with E-state index in [2.05, 4.69) is 0 Å². The lowest BCUT2D eigenvalue weighted by Gasteiger charge is -2.14. The molecule has 4 N–H and O–H groups in total. The molecule has 1 unspecified atom stereocenters. The number of ketones is 1. The molecule has 0 aliphatic rings. The molecule has 0 spiro atoms. The van der Waals surface area contributed by atoms with Gasteiger partial charge in [0.05, 0.1) is 6.10 Å². The molecule has 0 rings (SSSR count). The molecule has 0 saturated heterocycles. The average Bonchev–Trinajstić information content (AvgIpc) is 2.02. The van der Waals surface area contributed by atoms with Gasteiger partial charge in [0.15, 0.2) is 5.78 Å². The van der Waals surface area contributed by atoms with Crippen molar-refractivity contribution in [1.29, 1.82) is 0 Å². The van der Waals surface area contributed by atoms with Crippen LogP contribution < -0.4 is 5.73 Å². The molecule has 0 aromatic rings. The van der Waals surface area contributed by atoms with E-state index in [1.807, 2.05) is 0 Å². The third-order valence-corrected chi connectivity index (χ3v) is 1.66.